The van der Waals surface area contributed by atoms with E-state index in [-0.39, 0.29) is 0 Å². The number of aromatic amines is 1. The van der Waals surface area contributed by atoms with E-state index in [2.05, 4.69) is 9.97 Å². The maximum atomic E-state index is 5.59. The SMILES string of the molecule is COc1ccc(-c2nc(C)[nH]c2CCN)cc1. The predicted octanol–water partition coefficient (Wildman–Crippen LogP) is 1.89. The third-order valence-electron chi connectivity index (χ3n) is 2.65. The summed E-state index contributed by atoms with van der Waals surface area (Å²) >= 11 is 0. The lowest BCUT2D eigenvalue weighted by Gasteiger charge is -2.03. The monoisotopic (exact) mass is 231 g/mol. The van der Waals surface area contributed by atoms with Crippen LogP contribution < -0.4 is 10.5 Å². The summed E-state index contributed by atoms with van der Waals surface area (Å²) in [4.78, 5) is 7.75. The first-order valence-corrected chi connectivity index (χ1v) is 5.64. The molecule has 0 unspecified atom stereocenters. The van der Waals surface area contributed by atoms with Gasteiger partial charge in [-0.05, 0) is 37.7 Å². The highest BCUT2D eigenvalue weighted by atomic mass is 16.5. The first-order chi connectivity index (χ1) is 8.24. The lowest BCUT2D eigenvalue weighted by molar-refractivity contribution is 0.415. The highest BCUT2D eigenvalue weighted by Gasteiger charge is 2.09. The summed E-state index contributed by atoms with van der Waals surface area (Å²) in [7, 11) is 1.66. The summed E-state index contributed by atoms with van der Waals surface area (Å²) in [5.74, 6) is 1.76. The number of benzene rings is 1. The average molecular weight is 231 g/mol. The molecule has 0 spiro atoms. The van der Waals surface area contributed by atoms with E-state index in [1.807, 2.05) is 31.2 Å². The van der Waals surface area contributed by atoms with E-state index in [1.54, 1.807) is 7.11 Å². The number of nitrogens with zero attached hydrogens (tertiary/aromatic N) is 1. The van der Waals surface area contributed by atoms with E-state index in [0.29, 0.717) is 6.54 Å². The van der Waals surface area contributed by atoms with Crippen LogP contribution in [0.4, 0.5) is 0 Å². The molecule has 0 aliphatic rings. The summed E-state index contributed by atoms with van der Waals surface area (Å²) in [6, 6.07) is 7.89. The van der Waals surface area contributed by atoms with Crippen LogP contribution >= 0.6 is 0 Å². The second-order valence-electron chi connectivity index (χ2n) is 3.92. The van der Waals surface area contributed by atoms with Crippen LogP contribution in [0.5, 0.6) is 5.75 Å². The first-order valence-electron chi connectivity index (χ1n) is 5.64. The van der Waals surface area contributed by atoms with Crippen molar-refractivity contribution in [2.24, 2.45) is 5.73 Å². The molecule has 0 aliphatic carbocycles. The molecule has 2 aromatic rings. The van der Waals surface area contributed by atoms with Crippen LogP contribution in [-0.4, -0.2) is 23.6 Å². The minimum Gasteiger partial charge on any atom is -0.497 e. The molecule has 0 atom stereocenters. The predicted molar refractivity (Wildman–Crippen MR) is 68.1 cm³/mol. The molecule has 0 saturated heterocycles. The number of aromatic nitrogens is 2. The minimum atomic E-state index is 0.616. The van der Waals surface area contributed by atoms with Crippen molar-refractivity contribution in [3.05, 3.63) is 35.8 Å². The molecule has 0 fully saturated rings. The quantitative estimate of drug-likeness (QED) is 0.844. The number of hydrogen-bond acceptors (Lipinski definition) is 3. The van der Waals surface area contributed by atoms with Crippen LogP contribution in [0.3, 0.4) is 0 Å². The molecule has 90 valence electrons. The van der Waals surface area contributed by atoms with Gasteiger partial charge in [0, 0.05) is 17.7 Å². The van der Waals surface area contributed by atoms with E-state index in [0.717, 1.165) is 34.9 Å². The fraction of sp³-hybridized carbons (Fsp3) is 0.308. The number of imidazole rings is 1. The van der Waals surface area contributed by atoms with Crippen molar-refractivity contribution in [3.63, 3.8) is 0 Å². The molecule has 4 heteroatoms. The Morgan fingerprint density at radius 1 is 1.29 bits per heavy atom. The zero-order valence-corrected chi connectivity index (χ0v) is 10.2. The van der Waals surface area contributed by atoms with Crippen molar-refractivity contribution < 1.29 is 4.74 Å². The standard InChI is InChI=1S/C13H17N3O/c1-9-15-12(7-8-14)13(16-9)10-3-5-11(17-2)6-4-10/h3-6H,7-8,14H2,1-2H3,(H,15,16). The van der Waals surface area contributed by atoms with Gasteiger partial charge in [-0.1, -0.05) is 0 Å². The van der Waals surface area contributed by atoms with Crippen molar-refractivity contribution in [1.82, 2.24) is 9.97 Å². The Bertz CT molecular complexity index is 488. The number of nitrogens with two attached hydrogens (primary N) is 1. The number of hydrogen-bond donors (Lipinski definition) is 2. The Kier molecular flexibility index (Phi) is 3.44. The molecule has 1 heterocycles. The molecule has 1 aromatic carbocycles. The van der Waals surface area contributed by atoms with E-state index in [9.17, 15) is 0 Å². The Hall–Kier alpha value is -1.81. The minimum absolute atomic E-state index is 0.616. The van der Waals surface area contributed by atoms with Gasteiger partial charge in [-0.2, -0.15) is 0 Å². The third kappa shape index (κ3) is 2.47. The fourth-order valence-corrected chi connectivity index (χ4v) is 1.85. The van der Waals surface area contributed by atoms with Crippen LogP contribution in [0.1, 0.15) is 11.5 Å². The second-order valence-corrected chi connectivity index (χ2v) is 3.92. The van der Waals surface area contributed by atoms with Gasteiger partial charge in [0.2, 0.25) is 0 Å². The number of ether oxygens (including phenoxy) is 1. The van der Waals surface area contributed by atoms with Gasteiger partial charge in [-0.3, -0.25) is 0 Å². The number of aryl methyl sites for hydroxylation is 1. The van der Waals surface area contributed by atoms with Gasteiger partial charge in [-0.25, -0.2) is 4.98 Å². The smallest absolute Gasteiger partial charge is 0.118 e. The summed E-state index contributed by atoms with van der Waals surface area (Å²) < 4.78 is 5.14. The van der Waals surface area contributed by atoms with E-state index < -0.39 is 0 Å². The molecule has 1 aromatic heterocycles. The van der Waals surface area contributed by atoms with Crippen molar-refractivity contribution in [2.75, 3.05) is 13.7 Å². The number of nitrogens with one attached hydrogen (secondary N) is 1. The van der Waals surface area contributed by atoms with E-state index in [1.165, 1.54) is 0 Å². The van der Waals surface area contributed by atoms with Crippen molar-refractivity contribution in [2.45, 2.75) is 13.3 Å². The lowest BCUT2D eigenvalue weighted by Crippen LogP contribution is -2.04. The molecule has 17 heavy (non-hydrogen) atoms. The Balaban J connectivity index is 2.37. The molecule has 0 bridgehead atoms. The average Bonchev–Trinajstić information content (AvgIpc) is 2.71. The van der Waals surface area contributed by atoms with Gasteiger partial charge in [0.25, 0.3) is 0 Å². The van der Waals surface area contributed by atoms with Crippen molar-refractivity contribution >= 4 is 0 Å². The van der Waals surface area contributed by atoms with Crippen molar-refractivity contribution in [1.29, 1.82) is 0 Å². The summed E-state index contributed by atoms with van der Waals surface area (Å²) in [5, 5.41) is 0. The molecule has 0 saturated carbocycles. The maximum absolute atomic E-state index is 5.59. The van der Waals surface area contributed by atoms with Gasteiger partial charge in [0.05, 0.1) is 12.8 Å². The fourth-order valence-electron chi connectivity index (χ4n) is 1.85. The number of methoxy groups -OCH3 is 1. The molecular formula is C13H17N3O. The molecule has 0 aliphatic heterocycles. The van der Waals surface area contributed by atoms with Gasteiger partial charge >= 0.3 is 0 Å². The first kappa shape index (κ1) is 11.7. The zero-order chi connectivity index (χ0) is 12.3. The zero-order valence-electron chi connectivity index (χ0n) is 10.2. The van der Waals surface area contributed by atoms with Crippen LogP contribution in [-0.2, 0) is 6.42 Å². The lowest BCUT2D eigenvalue weighted by atomic mass is 10.1. The Morgan fingerprint density at radius 2 is 2.00 bits per heavy atom. The Morgan fingerprint density at radius 3 is 2.59 bits per heavy atom. The van der Waals surface area contributed by atoms with E-state index in [4.69, 9.17) is 10.5 Å². The molecule has 0 amide bonds. The third-order valence-corrected chi connectivity index (χ3v) is 2.65. The van der Waals surface area contributed by atoms with Crippen LogP contribution in [0.25, 0.3) is 11.3 Å². The Labute approximate surface area is 101 Å². The largest absolute Gasteiger partial charge is 0.497 e. The molecule has 4 nitrogen and oxygen atoms in total. The van der Waals surface area contributed by atoms with Gasteiger partial charge in [-0.15, -0.1) is 0 Å². The van der Waals surface area contributed by atoms with Gasteiger partial charge in [0.15, 0.2) is 0 Å². The van der Waals surface area contributed by atoms with Crippen LogP contribution in [0, 0.1) is 6.92 Å². The number of rotatable bonds is 4. The summed E-state index contributed by atoms with van der Waals surface area (Å²) in [5.41, 5.74) is 8.75. The normalized spacial score (nSPS) is 10.5. The molecule has 2 rings (SSSR count). The van der Waals surface area contributed by atoms with Crippen LogP contribution in [0.2, 0.25) is 0 Å². The highest BCUT2D eigenvalue weighted by Crippen LogP contribution is 2.24. The number of H-pyrrole nitrogens is 1. The van der Waals surface area contributed by atoms with Gasteiger partial charge in [0.1, 0.15) is 11.6 Å². The second kappa shape index (κ2) is 5.01. The summed E-state index contributed by atoms with van der Waals surface area (Å²) in [6.45, 7) is 2.57. The molecule has 0 radical (unpaired) electrons. The highest BCUT2D eigenvalue weighted by molar-refractivity contribution is 5.63. The van der Waals surface area contributed by atoms with Crippen LogP contribution in [0.15, 0.2) is 24.3 Å². The van der Waals surface area contributed by atoms with E-state index >= 15 is 0 Å². The maximum Gasteiger partial charge on any atom is 0.118 e. The summed E-state index contributed by atoms with van der Waals surface area (Å²) in [6.07, 6.45) is 0.808. The molecule has 3 N–H and O–H groups in total. The topological polar surface area (TPSA) is 63.9 Å². The van der Waals surface area contributed by atoms with Gasteiger partial charge < -0.3 is 15.5 Å². The molecular weight excluding hydrogens is 214 g/mol. The van der Waals surface area contributed by atoms with Crippen molar-refractivity contribution in [3.8, 4) is 17.0 Å².